The van der Waals surface area contributed by atoms with Gasteiger partial charge in [-0.1, -0.05) is 24.6 Å². The van der Waals surface area contributed by atoms with Crippen LogP contribution in [0.15, 0.2) is 18.2 Å². The molecule has 1 aromatic carbocycles. The van der Waals surface area contributed by atoms with E-state index in [-0.39, 0.29) is 11.9 Å². The molecule has 1 unspecified atom stereocenters. The number of hydrogen-bond acceptors (Lipinski definition) is 2. The fourth-order valence-electron chi connectivity index (χ4n) is 1.18. The normalized spacial score (nSPS) is 12.8. The van der Waals surface area contributed by atoms with Crippen LogP contribution in [0, 0.1) is 5.82 Å². The van der Waals surface area contributed by atoms with Gasteiger partial charge in [0.2, 0.25) is 0 Å². The Morgan fingerprint density at radius 3 is 2.87 bits per heavy atom. The fraction of sp³-hybridized carbons (Fsp3) is 0.455. The van der Waals surface area contributed by atoms with Crippen molar-refractivity contribution in [3.63, 3.8) is 0 Å². The molecule has 1 rings (SSSR count). The van der Waals surface area contributed by atoms with Gasteiger partial charge >= 0.3 is 0 Å². The zero-order valence-electron chi connectivity index (χ0n) is 8.63. The average molecular weight is 232 g/mol. The van der Waals surface area contributed by atoms with Crippen molar-refractivity contribution >= 4 is 11.6 Å². The summed E-state index contributed by atoms with van der Waals surface area (Å²) in [6, 6.07) is 4.58. The highest BCUT2D eigenvalue weighted by Gasteiger charge is 2.04. The summed E-state index contributed by atoms with van der Waals surface area (Å²) in [6.45, 7) is 2.77. The van der Waals surface area contributed by atoms with E-state index in [1.165, 1.54) is 6.07 Å². The van der Waals surface area contributed by atoms with Crippen molar-refractivity contribution in [2.75, 3.05) is 6.54 Å². The second-order valence-electron chi connectivity index (χ2n) is 3.43. The predicted molar refractivity (Wildman–Crippen MR) is 59.4 cm³/mol. The molecule has 0 bridgehead atoms. The number of nitrogens with one attached hydrogen (secondary N) is 1. The molecule has 0 fully saturated rings. The van der Waals surface area contributed by atoms with Crippen LogP contribution in [-0.2, 0) is 6.54 Å². The van der Waals surface area contributed by atoms with E-state index >= 15 is 0 Å². The molecule has 2 N–H and O–H groups in total. The second kappa shape index (κ2) is 6.05. The van der Waals surface area contributed by atoms with E-state index in [4.69, 9.17) is 11.6 Å². The molecule has 0 heterocycles. The van der Waals surface area contributed by atoms with Gasteiger partial charge in [-0.2, -0.15) is 0 Å². The van der Waals surface area contributed by atoms with Gasteiger partial charge in [-0.15, -0.1) is 0 Å². The summed E-state index contributed by atoms with van der Waals surface area (Å²) in [5.74, 6) is -0.319. The topological polar surface area (TPSA) is 32.3 Å². The first-order chi connectivity index (χ1) is 7.13. The molecular formula is C11H15ClFNO. The highest BCUT2D eigenvalue weighted by molar-refractivity contribution is 6.30. The fourth-order valence-corrected chi connectivity index (χ4v) is 1.34. The van der Waals surface area contributed by atoms with Crippen LogP contribution in [0.1, 0.15) is 18.9 Å². The molecule has 0 aliphatic carbocycles. The van der Waals surface area contributed by atoms with Gasteiger partial charge in [-0.25, -0.2) is 4.39 Å². The molecule has 2 nitrogen and oxygen atoms in total. The molecule has 0 aliphatic heterocycles. The van der Waals surface area contributed by atoms with E-state index in [0.717, 1.165) is 0 Å². The lowest BCUT2D eigenvalue weighted by atomic mass is 10.2. The lowest BCUT2D eigenvalue weighted by Crippen LogP contribution is -2.26. The number of benzene rings is 1. The minimum atomic E-state index is -0.375. The van der Waals surface area contributed by atoms with Crippen molar-refractivity contribution in [3.8, 4) is 0 Å². The number of aliphatic hydroxyl groups is 1. The maximum absolute atomic E-state index is 13.3. The summed E-state index contributed by atoms with van der Waals surface area (Å²) in [7, 11) is 0. The maximum atomic E-state index is 13.3. The van der Waals surface area contributed by atoms with E-state index in [9.17, 15) is 9.50 Å². The maximum Gasteiger partial charge on any atom is 0.129 e. The van der Waals surface area contributed by atoms with Crippen molar-refractivity contribution in [1.29, 1.82) is 0 Å². The summed E-state index contributed by atoms with van der Waals surface area (Å²) in [5, 5.41) is 12.6. The Kier molecular flexibility index (Phi) is 5.02. The lowest BCUT2D eigenvalue weighted by Gasteiger charge is -2.09. The molecular weight excluding hydrogens is 217 g/mol. The first kappa shape index (κ1) is 12.4. The Morgan fingerprint density at radius 1 is 1.53 bits per heavy atom. The van der Waals surface area contributed by atoms with E-state index in [1.807, 2.05) is 6.92 Å². The van der Waals surface area contributed by atoms with Gasteiger partial charge < -0.3 is 10.4 Å². The first-order valence-corrected chi connectivity index (χ1v) is 5.34. The van der Waals surface area contributed by atoms with E-state index in [1.54, 1.807) is 12.1 Å². The van der Waals surface area contributed by atoms with Crippen LogP contribution in [0.2, 0.25) is 5.02 Å². The Balaban J connectivity index is 2.44. The molecule has 0 saturated carbocycles. The van der Waals surface area contributed by atoms with Gasteiger partial charge in [0.15, 0.2) is 0 Å². The third kappa shape index (κ3) is 4.16. The van der Waals surface area contributed by atoms with E-state index in [2.05, 4.69) is 5.32 Å². The van der Waals surface area contributed by atoms with Crippen LogP contribution in [0.3, 0.4) is 0 Å². The van der Waals surface area contributed by atoms with Crippen molar-refractivity contribution in [3.05, 3.63) is 34.6 Å². The SMILES string of the molecule is CCC(O)CNCc1ccc(Cl)cc1F. The smallest absolute Gasteiger partial charge is 0.129 e. The Morgan fingerprint density at radius 2 is 2.27 bits per heavy atom. The molecule has 1 aromatic rings. The minimum Gasteiger partial charge on any atom is -0.392 e. The number of halogens is 2. The molecule has 0 saturated heterocycles. The van der Waals surface area contributed by atoms with Crippen LogP contribution in [0.4, 0.5) is 4.39 Å². The standard InChI is InChI=1S/C11H15ClFNO/c1-2-10(15)7-14-6-8-3-4-9(12)5-11(8)13/h3-5,10,14-15H,2,6-7H2,1H3. The monoisotopic (exact) mass is 231 g/mol. The number of rotatable bonds is 5. The summed E-state index contributed by atoms with van der Waals surface area (Å²) < 4.78 is 13.3. The molecule has 15 heavy (non-hydrogen) atoms. The molecule has 0 aromatic heterocycles. The molecule has 0 amide bonds. The van der Waals surface area contributed by atoms with Gasteiger partial charge in [0.05, 0.1) is 6.10 Å². The van der Waals surface area contributed by atoms with Crippen LogP contribution >= 0.6 is 11.6 Å². The summed E-state index contributed by atoms with van der Waals surface area (Å²) >= 11 is 5.62. The molecule has 0 radical (unpaired) electrons. The number of aliphatic hydroxyl groups excluding tert-OH is 1. The molecule has 84 valence electrons. The summed E-state index contributed by atoms with van der Waals surface area (Å²) in [6.07, 6.45) is 0.316. The third-order valence-corrected chi connectivity index (χ3v) is 2.42. The largest absolute Gasteiger partial charge is 0.392 e. The first-order valence-electron chi connectivity index (χ1n) is 4.96. The van der Waals surface area contributed by atoms with Gasteiger partial charge in [0.1, 0.15) is 5.82 Å². The van der Waals surface area contributed by atoms with Gasteiger partial charge in [-0.05, 0) is 18.6 Å². The highest BCUT2D eigenvalue weighted by atomic mass is 35.5. The van der Waals surface area contributed by atoms with Crippen molar-refractivity contribution < 1.29 is 9.50 Å². The summed E-state index contributed by atoms with van der Waals surface area (Å²) in [5.41, 5.74) is 0.558. The molecule has 1 atom stereocenters. The summed E-state index contributed by atoms with van der Waals surface area (Å²) in [4.78, 5) is 0. The Bertz CT molecular complexity index is 319. The van der Waals surface area contributed by atoms with Crippen LogP contribution in [-0.4, -0.2) is 17.8 Å². The lowest BCUT2D eigenvalue weighted by molar-refractivity contribution is 0.167. The molecule has 0 spiro atoms. The molecule has 4 heteroatoms. The van der Waals surface area contributed by atoms with Crippen LogP contribution in [0.5, 0.6) is 0 Å². The number of hydrogen-bond donors (Lipinski definition) is 2. The predicted octanol–water partition coefficient (Wildman–Crippen LogP) is 2.34. The van der Waals surface area contributed by atoms with Gasteiger partial charge in [-0.3, -0.25) is 0 Å². The second-order valence-corrected chi connectivity index (χ2v) is 3.87. The Labute approximate surface area is 94.1 Å². The van der Waals surface area contributed by atoms with Crippen LogP contribution in [0.25, 0.3) is 0 Å². The molecule has 0 aliphatic rings. The Hall–Kier alpha value is -0.640. The zero-order valence-corrected chi connectivity index (χ0v) is 9.39. The average Bonchev–Trinajstić information content (AvgIpc) is 2.21. The van der Waals surface area contributed by atoms with Crippen molar-refractivity contribution in [2.45, 2.75) is 26.0 Å². The van der Waals surface area contributed by atoms with E-state index in [0.29, 0.717) is 30.1 Å². The van der Waals surface area contributed by atoms with Crippen LogP contribution < -0.4 is 5.32 Å². The highest BCUT2D eigenvalue weighted by Crippen LogP contribution is 2.14. The quantitative estimate of drug-likeness (QED) is 0.815. The zero-order chi connectivity index (χ0) is 11.3. The van der Waals surface area contributed by atoms with Gasteiger partial charge in [0, 0.05) is 23.7 Å². The van der Waals surface area contributed by atoms with E-state index < -0.39 is 0 Å². The minimum absolute atomic E-state index is 0.319. The van der Waals surface area contributed by atoms with Crippen molar-refractivity contribution in [1.82, 2.24) is 5.32 Å². The third-order valence-electron chi connectivity index (χ3n) is 2.18. The van der Waals surface area contributed by atoms with Crippen molar-refractivity contribution in [2.24, 2.45) is 0 Å². The van der Waals surface area contributed by atoms with Gasteiger partial charge in [0.25, 0.3) is 0 Å².